The third kappa shape index (κ3) is 4.37. The van der Waals surface area contributed by atoms with E-state index in [1.54, 1.807) is 0 Å². The van der Waals surface area contributed by atoms with Crippen LogP contribution in [0.1, 0.15) is 18.4 Å². The summed E-state index contributed by atoms with van der Waals surface area (Å²) in [5.74, 6) is 1.43. The number of nitrogens with one attached hydrogen (secondary N) is 1. The van der Waals surface area contributed by atoms with Crippen molar-refractivity contribution in [3.8, 4) is 11.5 Å². The summed E-state index contributed by atoms with van der Waals surface area (Å²) in [6, 6.07) is 13.4. The molecule has 1 N–H and O–H groups in total. The highest BCUT2D eigenvalue weighted by molar-refractivity contribution is 6.31. The van der Waals surface area contributed by atoms with Gasteiger partial charge in [-0.15, -0.1) is 0 Å². The number of carbonyl (C=O) groups excluding carboxylic acids is 1. The van der Waals surface area contributed by atoms with Crippen molar-refractivity contribution in [3.05, 3.63) is 53.1 Å². The van der Waals surface area contributed by atoms with Gasteiger partial charge in [-0.2, -0.15) is 0 Å². The standard InChI is InChI=1S/C21H23ClN2O3/c22-18-6-2-1-4-15(18)13-24-9-3-5-16(14-24)21(25)23-17-7-8-19-20(12-17)27-11-10-26-19/h1-2,4,6-8,12,16H,3,5,9-11,13-14H2,(H,23,25). The first-order chi connectivity index (χ1) is 13.2. The van der Waals surface area contributed by atoms with E-state index < -0.39 is 0 Å². The number of amides is 1. The van der Waals surface area contributed by atoms with E-state index in [0.29, 0.717) is 19.0 Å². The first-order valence-electron chi connectivity index (χ1n) is 9.35. The van der Waals surface area contributed by atoms with E-state index in [1.807, 2.05) is 42.5 Å². The molecular weight excluding hydrogens is 364 g/mol. The van der Waals surface area contributed by atoms with Gasteiger partial charge in [0.25, 0.3) is 0 Å². The Bertz CT molecular complexity index is 827. The Labute approximate surface area is 164 Å². The fourth-order valence-corrected chi connectivity index (χ4v) is 3.84. The molecule has 0 spiro atoms. The van der Waals surface area contributed by atoms with Crippen LogP contribution in [0.4, 0.5) is 5.69 Å². The minimum absolute atomic E-state index is 0.0329. The molecule has 4 rings (SSSR count). The van der Waals surface area contributed by atoms with Crippen LogP contribution in [-0.2, 0) is 11.3 Å². The topological polar surface area (TPSA) is 50.8 Å². The summed E-state index contributed by atoms with van der Waals surface area (Å²) in [4.78, 5) is 15.1. The van der Waals surface area contributed by atoms with Gasteiger partial charge in [0.1, 0.15) is 13.2 Å². The number of hydrogen-bond acceptors (Lipinski definition) is 4. The van der Waals surface area contributed by atoms with Crippen molar-refractivity contribution >= 4 is 23.2 Å². The van der Waals surface area contributed by atoms with Crippen molar-refractivity contribution in [3.63, 3.8) is 0 Å². The Morgan fingerprint density at radius 3 is 2.81 bits per heavy atom. The van der Waals surface area contributed by atoms with Gasteiger partial charge in [-0.1, -0.05) is 29.8 Å². The lowest BCUT2D eigenvalue weighted by Crippen LogP contribution is -2.40. The minimum atomic E-state index is -0.0329. The summed E-state index contributed by atoms with van der Waals surface area (Å²) in [6.07, 6.45) is 1.90. The second kappa shape index (κ2) is 8.19. The van der Waals surface area contributed by atoms with Gasteiger partial charge in [-0.05, 0) is 43.1 Å². The van der Waals surface area contributed by atoms with Gasteiger partial charge in [-0.3, -0.25) is 9.69 Å². The molecule has 2 heterocycles. The number of benzene rings is 2. The van der Waals surface area contributed by atoms with E-state index in [4.69, 9.17) is 21.1 Å². The van der Waals surface area contributed by atoms with Crippen molar-refractivity contribution in [2.75, 3.05) is 31.6 Å². The Kier molecular flexibility index (Phi) is 5.50. The number of rotatable bonds is 4. The molecule has 5 nitrogen and oxygen atoms in total. The molecule has 1 amide bonds. The van der Waals surface area contributed by atoms with Crippen LogP contribution in [-0.4, -0.2) is 37.1 Å². The van der Waals surface area contributed by atoms with Gasteiger partial charge in [0.05, 0.1) is 5.92 Å². The third-order valence-corrected chi connectivity index (χ3v) is 5.41. The smallest absolute Gasteiger partial charge is 0.228 e. The number of nitrogens with zero attached hydrogens (tertiary/aromatic N) is 1. The van der Waals surface area contributed by atoms with E-state index in [9.17, 15) is 4.79 Å². The maximum atomic E-state index is 12.8. The van der Waals surface area contributed by atoms with Crippen LogP contribution in [0.15, 0.2) is 42.5 Å². The van der Waals surface area contributed by atoms with Gasteiger partial charge >= 0.3 is 0 Å². The van der Waals surface area contributed by atoms with Gasteiger partial charge < -0.3 is 14.8 Å². The van der Waals surface area contributed by atoms with E-state index in [1.165, 1.54) is 0 Å². The predicted molar refractivity (Wildman–Crippen MR) is 106 cm³/mol. The van der Waals surface area contributed by atoms with Crippen molar-refractivity contribution < 1.29 is 14.3 Å². The molecule has 1 saturated heterocycles. The maximum absolute atomic E-state index is 12.8. The molecule has 1 fully saturated rings. The summed E-state index contributed by atoms with van der Waals surface area (Å²) < 4.78 is 11.1. The number of anilines is 1. The Morgan fingerprint density at radius 2 is 1.96 bits per heavy atom. The average Bonchev–Trinajstić information content (AvgIpc) is 2.70. The molecule has 27 heavy (non-hydrogen) atoms. The zero-order valence-corrected chi connectivity index (χ0v) is 15.9. The van der Waals surface area contributed by atoms with Crippen molar-refractivity contribution in [1.29, 1.82) is 0 Å². The highest BCUT2D eigenvalue weighted by Crippen LogP contribution is 2.33. The molecule has 2 aliphatic heterocycles. The number of hydrogen-bond donors (Lipinski definition) is 1. The third-order valence-electron chi connectivity index (χ3n) is 5.04. The van der Waals surface area contributed by atoms with Gasteiger partial charge in [-0.25, -0.2) is 0 Å². The first kappa shape index (κ1) is 18.1. The minimum Gasteiger partial charge on any atom is -0.486 e. The molecule has 6 heteroatoms. The lowest BCUT2D eigenvalue weighted by atomic mass is 9.96. The van der Waals surface area contributed by atoms with Gasteiger partial charge in [0, 0.05) is 29.9 Å². The van der Waals surface area contributed by atoms with Crippen molar-refractivity contribution in [2.45, 2.75) is 19.4 Å². The van der Waals surface area contributed by atoms with E-state index in [2.05, 4.69) is 10.2 Å². The normalized spacial score (nSPS) is 19.5. The number of halogens is 1. The van der Waals surface area contributed by atoms with Crippen LogP contribution < -0.4 is 14.8 Å². The number of fused-ring (bicyclic) bond motifs is 1. The van der Waals surface area contributed by atoms with Crippen LogP contribution >= 0.6 is 11.6 Å². The van der Waals surface area contributed by atoms with Crippen molar-refractivity contribution in [2.24, 2.45) is 5.92 Å². The number of likely N-dealkylation sites (tertiary alicyclic amines) is 1. The van der Waals surface area contributed by atoms with Crippen LogP contribution in [0.2, 0.25) is 5.02 Å². The maximum Gasteiger partial charge on any atom is 0.228 e. The molecule has 2 aromatic carbocycles. The summed E-state index contributed by atoms with van der Waals surface area (Å²) in [6.45, 7) is 3.58. The molecule has 0 aromatic heterocycles. The molecule has 142 valence electrons. The van der Waals surface area contributed by atoms with Crippen LogP contribution in [0, 0.1) is 5.92 Å². The summed E-state index contributed by atoms with van der Waals surface area (Å²) in [5.41, 5.74) is 1.85. The SMILES string of the molecule is O=C(Nc1ccc2c(c1)OCCO2)C1CCCN(Cc2ccccc2Cl)C1. The summed E-state index contributed by atoms with van der Waals surface area (Å²) in [5, 5.41) is 3.81. The predicted octanol–water partition coefficient (Wildman–Crippen LogP) is 3.96. The highest BCUT2D eigenvalue weighted by Gasteiger charge is 2.26. The van der Waals surface area contributed by atoms with Crippen LogP contribution in [0.25, 0.3) is 0 Å². The Balaban J connectivity index is 1.38. The molecule has 0 saturated carbocycles. The Hall–Kier alpha value is -2.24. The van der Waals surface area contributed by atoms with E-state index >= 15 is 0 Å². The second-order valence-corrected chi connectivity index (χ2v) is 7.42. The number of carbonyl (C=O) groups is 1. The monoisotopic (exact) mass is 386 g/mol. The lowest BCUT2D eigenvalue weighted by molar-refractivity contribution is -0.121. The molecule has 2 aliphatic rings. The average molecular weight is 387 g/mol. The number of ether oxygens (including phenoxy) is 2. The molecule has 0 radical (unpaired) electrons. The van der Waals surface area contributed by atoms with Gasteiger partial charge in [0.2, 0.25) is 5.91 Å². The fraction of sp³-hybridized carbons (Fsp3) is 0.381. The quantitative estimate of drug-likeness (QED) is 0.864. The molecular formula is C21H23ClN2O3. The van der Waals surface area contributed by atoms with Crippen LogP contribution in [0.3, 0.4) is 0 Å². The summed E-state index contributed by atoms with van der Waals surface area (Å²) >= 11 is 6.28. The highest BCUT2D eigenvalue weighted by atomic mass is 35.5. The van der Waals surface area contributed by atoms with E-state index in [0.717, 1.165) is 54.5 Å². The zero-order chi connectivity index (χ0) is 18.6. The molecule has 0 aliphatic carbocycles. The lowest BCUT2D eigenvalue weighted by Gasteiger charge is -2.32. The fourth-order valence-electron chi connectivity index (χ4n) is 3.65. The molecule has 1 unspecified atom stereocenters. The van der Waals surface area contributed by atoms with Crippen molar-refractivity contribution in [1.82, 2.24) is 4.90 Å². The van der Waals surface area contributed by atoms with Gasteiger partial charge in [0.15, 0.2) is 11.5 Å². The largest absolute Gasteiger partial charge is 0.486 e. The van der Waals surface area contributed by atoms with E-state index in [-0.39, 0.29) is 11.8 Å². The Morgan fingerprint density at radius 1 is 1.15 bits per heavy atom. The van der Waals surface area contributed by atoms with Crippen LogP contribution in [0.5, 0.6) is 11.5 Å². The molecule has 2 aromatic rings. The zero-order valence-electron chi connectivity index (χ0n) is 15.1. The molecule has 1 atom stereocenters. The number of piperidine rings is 1. The first-order valence-corrected chi connectivity index (χ1v) is 9.73. The second-order valence-electron chi connectivity index (χ2n) is 7.01. The molecule has 0 bridgehead atoms. The summed E-state index contributed by atoms with van der Waals surface area (Å²) in [7, 11) is 0.